The van der Waals surface area contributed by atoms with Gasteiger partial charge in [-0.25, -0.2) is 19.3 Å². The van der Waals surface area contributed by atoms with E-state index in [1.54, 1.807) is 18.3 Å². The second kappa shape index (κ2) is 11.2. The van der Waals surface area contributed by atoms with E-state index in [4.69, 9.17) is 19.4 Å². The number of H-pyrrole nitrogens is 1. The van der Waals surface area contributed by atoms with Crippen LogP contribution < -0.4 is 4.90 Å². The number of ether oxygens (including phenoxy) is 2. The van der Waals surface area contributed by atoms with Gasteiger partial charge in [-0.15, -0.1) is 0 Å². The molecule has 0 saturated carbocycles. The van der Waals surface area contributed by atoms with Gasteiger partial charge in [0.15, 0.2) is 5.82 Å². The van der Waals surface area contributed by atoms with Gasteiger partial charge in [0.25, 0.3) is 0 Å². The van der Waals surface area contributed by atoms with Gasteiger partial charge >= 0.3 is 0 Å². The first-order chi connectivity index (χ1) is 19.4. The zero-order valence-electron chi connectivity index (χ0n) is 23.1. The molecule has 0 spiro atoms. The van der Waals surface area contributed by atoms with E-state index in [2.05, 4.69) is 26.8 Å². The average molecular weight is 550 g/mol. The number of halogens is 1. The van der Waals surface area contributed by atoms with Gasteiger partial charge in [0, 0.05) is 51.0 Å². The molecule has 1 N–H and O–H groups in total. The molecule has 0 radical (unpaired) electrons. The Morgan fingerprint density at radius 2 is 1.68 bits per heavy atom. The standard InChI is InChI=1S/C29H36FN7O3/c1-29(27(38)36-12-4-3-5-13-36)18-39-26(40-19-29)25-33-23(20-6-8-21(30)9-7-20)24(34-25)22-10-11-31-28(32-22)37-16-14-35(2)15-17-37/h6-11,26H,3-5,12-19H2,1-2H3,(H,33,34). The van der Waals surface area contributed by atoms with Crippen LogP contribution in [0.1, 0.15) is 38.3 Å². The van der Waals surface area contributed by atoms with Gasteiger partial charge in [0.1, 0.15) is 5.82 Å². The van der Waals surface area contributed by atoms with Crippen LogP contribution in [0.15, 0.2) is 36.5 Å². The van der Waals surface area contributed by atoms with E-state index in [-0.39, 0.29) is 24.9 Å². The summed E-state index contributed by atoms with van der Waals surface area (Å²) >= 11 is 0. The van der Waals surface area contributed by atoms with E-state index in [1.807, 2.05) is 17.9 Å². The Morgan fingerprint density at radius 1 is 0.975 bits per heavy atom. The summed E-state index contributed by atoms with van der Waals surface area (Å²) in [7, 11) is 2.11. The molecule has 0 bridgehead atoms. The molecule has 0 atom stereocenters. The molecular weight excluding hydrogens is 513 g/mol. The third kappa shape index (κ3) is 5.45. The van der Waals surface area contributed by atoms with Crippen LogP contribution in [-0.2, 0) is 14.3 Å². The van der Waals surface area contributed by atoms with Crippen molar-refractivity contribution >= 4 is 11.9 Å². The lowest BCUT2D eigenvalue weighted by Gasteiger charge is -2.40. The molecule has 10 nitrogen and oxygen atoms in total. The maximum Gasteiger partial charge on any atom is 0.233 e. The van der Waals surface area contributed by atoms with Gasteiger partial charge in [-0.3, -0.25) is 4.79 Å². The second-order valence-corrected chi connectivity index (χ2v) is 11.3. The van der Waals surface area contributed by atoms with Gasteiger partial charge in [-0.2, -0.15) is 0 Å². The molecule has 3 fully saturated rings. The first-order valence-electron chi connectivity index (χ1n) is 14.0. The SMILES string of the molecule is CN1CCN(c2nccc(-c3[nH]c(C4OCC(C)(C(=O)N5CCCCC5)CO4)nc3-c3ccc(F)cc3)n2)CC1. The van der Waals surface area contributed by atoms with Crippen LogP contribution in [0.3, 0.4) is 0 Å². The van der Waals surface area contributed by atoms with E-state index in [9.17, 15) is 9.18 Å². The molecule has 3 saturated heterocycles. The normalized spacial score (nSPS) is 24.3. The Balaban J connectivity index is 1.27. The number of benzene rings is 1. The highest BCUT2D eigenvalue weighted by Crippen LogP contribution is 2.36. The Morgan fingerprint density at radius 3 is 2.38 bits per heavy atom. The Hall–Kier alpha value is -3.41. The van der Waals surface area contributed by atoms with Crippen LogP contribution in [0, 0.1) is 11.2 Å². The summed E-state index contributed by atoms with van der Waals surface area (Å²) in [5.41, 5.74) is 1.95. The average Bonchev–Trinajstić information content (AvgIpc) is 3.44. The van der Waals surface area contributed by atoms with Gasteiger partial charge in [0.2, 0.25) is 18.1 Å². The van der Waals surface area contributed by atoms with Gasteiger partial charge in [-0.1, -0.05) is 0 Å². The van der Waals surface area contributed by atoms with Crippen molar-refractivity contribution in [2.45, 2.75) is 32.5 Å². The van der Waals surface area contributed by atoms with Crippen molar-refractivity contribution in [3.8, 4) is 22.6 Å². The number of likely N-dealkylation sites (N-methyl/N-ethyl adjacent to an activating group) is 1. The fourth-order valence-electron chi connectivity index (χ4n) is 5.52. The van der Waals surface area contributed by atoms with Crippen LogP contribution in [0.2, 0.25) is 0 Å². The number of carbonyl (C=O) groups is 1. The number of aromatic nitrogens is 4. The van der Waals surface area contributed by atoms with Crippen molar-refractivity contribution in [2.24, 2.45) is 5.41 Å². The Kier molecular flexibility index (Phi) is 7.52. The van der Waals surface area contributed by atoms with Crippen molar-refractivity contribution in [2.75, 3.05) is 64.4 Å². The summed E-state index contributed by atoms with van der Waals surface area (Å²) in [4.78, 5) is 37.2. The molecule has 0 aliphatic carbocycles. The van der Waals surface area contributed by atoms with Crippen LogP contribution in [0.4, 0.5) is 10.3 Å². The van der Waals surface area contributed by atoms with Gasteiger partial charge < -0.3 is 29.2 Å². The van der Waals surface area contributed by atoms with Crippen LogP contribution in [0.5, 0.6) is 0 Å². The van der Waals surface area contributed by atoms with Gasteiger partial charge in [0.05, 0.1) is 35.7 Å². The van der Waals surface area contributed by atoms with Crippen molar-refractivity contribution in [1.82, 2.24) is 29.7 Å². The van der Waals surface area contributed by atoms with E-state index in [0.29, 0.717) is 28.9 Å². The van der Waals surface area contributed by atoms with Crippen molar-refractivity contribution < 1.29 is 18.7 Å². The predicted octanol–water partition coefficient (Wildman–Crippen LogP) is 3.49. The van der Waals surface area contributed by atoms with E-state index >= 15 is 0 Å². The molecule has 0 unspecified atom stereocenters. The molecule has 212 valence electrons. The zero-order valence-corrected chi connectivity index (χ0v) is 23.1. The van der Waals surface area contributed by atoms with Crippen LogP contribution >= 0.6 is 0 Å². The summed E-state index contributed by atoms with van der Waals surface area (Å²) < 4.78 is 26.0. The third-order valence-electron chi connectivity index (χ3n) is 8.01. The monoisotopic (exact) mass is 549 g/mol. The maximum atomic E-state index is 13.8. The fourth-order valence-corrected chi connectivity index (χ4v) is 5.52. The fraction of sp³-hybridized carbons (Fsp3) is 0.517. The number of nitrogens with one attached hydrogen (secondary N) is 1. The molecule has 40 heavy (non-hydrogen) atoms. The number of carbonyl (C=O) groups excluding carboxylic acids is 1. The van der Waals surface area contributed by atoms with Gasteiger partial charge in [-0.05, 0) is 63.6 Å². The van der Waals surface area contributed by atoms with E-state index < -0.39 is 11.7 Å². The third-order valence-corrected chi connectivity index (χ3v) is 8.01. The minimum absolute atomic E-state index is 0.0789. The molecule has 1 aromatic carbocycles. The topological polar surface area (TPSA) is 99.7 Å². The summed E-state index contributed by atoms with van der Waals surface area (Å²) in [6.07, 6.45) is 4.21. The number of rotatable bonds is 5. The summed E-state index contributed by atoms with van der Waals surface area (Å²) in [5.74, 6) is 0.887. The number of anilines is 1. The number of piperazine rings is 1. The van der Waals surface area contributed by atoms with Crippen molar-refractivity contribution in [3.05, 3.63) is 48.2 Å². The van der Waals surface area contributed by atoms with Crippen LogP contribution in [0.25, 0.3) is 22.6 Å². The maximum absolute atomic E-state index is 13.8. The molecule has 3 aliphatic heterocycles. The summed E-state index contributed by atoms with van der Waals surface area (Å²) in [5, 5.41) is 0. The number of imidazole rings is 1. The zero-order chi connectivity index (χ0) is 27.7. The molecule has 5 heterocycles. The number of nitrogens with zero attached hydrogens (tertiary/aromatic N) is 6. The lowest BCUT2D eigenvalue weighted by Crippen LogP contribution is -2.51. The highest BCUT2D eigenvalue weighted by molar-refractivity contribution is 5.83. The number of hydrogen-bond donors (Lipinski definition) is 1. The Bertz CT molecular complexity index is 1330. The van der Waals surface area contributed by atoms with E-state index in [0.717, 1.165) is 64.1 Å². The molecule has 3 aliphatic rings. The molecule has 1 amide bonds. The molecule has 11 heteroatoms. The van der Waals surface area contributed by atoms with Crippen molar-refractivity contribution in [3.63, 3.8) is 0 Å². The molecule has 3 aromatic rings. The minimum atomic E-state index is -0.769. The highest BCUT2D eigenvalue weighted by atomic mass is 19.1. The highest BCUT2D eigenvalue weighted by Gasteiger charge is 2.43. The Labute approximate surface area is 233 Å². The number of piperidine rings is 1. The predicted molar refractivity (Wildman–Crippen MR) is 148 cm³/mol. The number of likely N-dealkylation sites (tertiary alicyclic amines) is 1. The summed E-state index contributed by atoms with van der Waals surface area (Å²) in [6.45, 7) is 7.51. The first kappa shape index (κ1) is 26.8. The van der Waals surface area contributed by atoms with E-state index in [1.165, 1.54) is 12.1 Å². The number of amides is 1. The molecule has 2 aromatic heterocycles. The first-order valence-corrected chi connectivity index (χ1v) is 14.0. The summed E-state index contributed by atoms with van der Waals surface area (Å²) in [6, 6.07) is 8.04. The largest absolute Gasteiger partial charge is 0.345 e. The minimum Gasteiger partial charge on any atom is -0.345 e. The smallest absolute Gasteiger partial charge is 0.233 e. The quantitative estimate of drug-likeness (QED) is 0.517. The number of aromatic amines is 1. The lowest BCUT2D eigenvalue weighted by molar-refractivity contribution is -0.234. The lowest BCUT2D eigenvalue weighted by atomic mass is 9.89. The van der Waals surface area contributed by atoms with Crippen molar-refractivity contribution in [1.29, 1.82) is 0 Å². The number of hydrogen-bond acceptors (Lipinski definition) is 8. The van der Waals surface area contributed by atoms with Crippen LogP contribution in [-0.4, -0.2) is 95.2 Å². The molecule has 6 rings (SSSR count). The molecular formula is C29H36FN7O3. The second-order valence-electron chi connectivity index (χ2n) is 11.3.